The molecule has 12 heteroatoms. The summed E-state index contributed by atoms with van der Waals surface area (Å²) in [5.41, 5.74) is 1.47. The molecule has 4 aromatic rings. The summed E-state index contributed by atoms with van der Waals surface area (Å²) in [4.78, 5) is 29.7. The predicted molar refractivity (Wildman–Crippen MR) is 183 cm³/mol. The summed E-state index contributed by atoms with van der Waals surface area (Å²) in [5, 5.41) is 3.77. The number of amides is 2. The first-order valence-corrected chi connectivity index (χ1v) is 17.0. The Morgan fingerprint density at radius 3 is 2.09 bits per heavy atom. The van der Waals surface area contributed by atoms with Crippen LogP contribution in [0.2, 0.25) is 15.1 Å². The number of halogens is 3. The summed E-state index contributed by atoms with van der Waals surface area (Å²) in [6, 6.07) is 25.1. The molecule has 1 N–H and O–H groups in total. The van der Waals surface area contributed by atoms with Crippen LogP contribution in [0.15, 0.2) is 102 Å². The highest BCUT2D eigenvalue weighted by Crippen LogP contribution is 2.32. The van der Waals surface area contributed by atoms with Crippen LogP contribution in [0, 0.1) is 0 Å². The molecule has 2 amide bonds. The standard InChI is InChI=1S/C34H34Cl3N3O5S/c1-23(2)38-34(42)31(18-24-10-6-4-7-11-24)39(21-25-14-15-26(35)19-29(25)36)33(41)22-40(27-16-17-32(45-3)30(37)20-27)46(43,44)28-12-8-5-9-13-28/h4-17,19-20,23,31H,18,21-22H2,1-3H3,(H,38,42). The molecule has 0 spiro atoms. The van der Waals surface area contributed by atoms with Gasteiger partial charge in [-0.2, -0.15) is 0 Å². The fourth-order valence-corrected chi connectivity index (χ4v) is 6.97. The Morgan fingerprint density at radius 1 is 0.848 bits per heavy atom. The van der Waals surface area contributed by atoms with E-state index in [-0.39, 0.29) is 34.6 Å². The Bertz CT molecular complexity index is 1770. The Morgan fingerprint density at radius 2 is 1.50 bits per heavy atom. The Hall–Kier alpha value is -3.76. The highest BCUT2D eigenvalue weighted by Gasteiger charge is 2.35. The van der Waals surface area contributed by atoms with Crippen molar-refractivity contribution in [2.75, 3.05) is 18.0 Å². The van der Waals surface area contributed by atoms with Gasteiger partial charge in [-0.25, -0.2) is 8.42 Å². The van der Waals surface area contributed by atoms with Crippen LogP contribution < -0.4 is 14.4 Å². The molecule has 0 aliphatic heterocycles. The van der Waals surface area contributed by atoms with Crippen molar-refractivity contribution in [3.63, 3.8) is 0 Å². The molecule has 46 heavy (non-hydrogen) atoms. The summed E-state index contributed by atoms with van der Waals surface area (Å²) in [6.45, 7) is 2.90. The van der Waals surface area contributed by atoms with Crippen LogP contribution in [-0.4, -0.2) is 50.9 Å². The molecule has 8 nitrogen and oxygen atoms in total. The summed E-state index contributed by atoms with van der Waals surface area (Å²) >= 11 is 19.1. The number of benzene rings is 4. The first kappa shape index (κ1) is 35.1. The van der Waals surface area contributed by atoms with Crippen molar-refractivity contribution >= 4 is 62.3 Å². The third-order valence-electron chi connectivity index (χ3n) is 7.09. The van der Waals surface area contributed by atoms with Crippen LogP contribution in [0.4, 0.5) is 5.69 Å². The van der Waals surface area contributed by atoms with Gasteiger partial charge in [-0.1, -0.05) is 89.4 Å². The normalized spacial score (nSPS) is 12.0. The quantitative estimate of drug-likeness (QED) is 0.162. The Balaban J connectivity index is 1.84. The SMILES string of the molecule is COc1ccc(N(CC(=O)N(Cc2ccc(Cl)cc2Cl)C(Cc2ccccc2)C(=O)NC(C)C)S(=O)(=O)c2ccccc2)cc1Cl. The maximum absolute atomic E-state index is 14.5. The summed E-state index contributed by atoms with van der Waals surface area (Å²) in [7, 11) is -2.84. The molecule has 0 heterocycles. The lowest BCUT2D eigenvalue weighted by molar-refractivity contribution is -0.140. The van der Waals surface area contributed by atoms with Crippen LogP contribution in [0.5, 0.6) is 5.75 Å². The van der Waals surface area contributed by atoms with Crippen LogP contribution in [-0.2, 0) is 32.6 Å². The average molecular weight is 703 g/mol. The fourth-order valence-electron chi connectivity index (χ4n) is 4.83. The Kier molecular flexibility index (Phi) is 12.0. The van der Waals surface area contributed by atoms with Gasteiger partial charge in [-0.3, -0.25) is 13.9 Å². The van der Waals surface area contributed by atoms with Gasteiger partial charge in [0.2, 0.25) is 11.8 Å². The molecule has 0 fully saturated rings. The smallest absolute Gasteiger partial charge is 0.264 e. The van der Waals surface area contributed by atoms with Gasteiger partial charge in [0.25, 0.3) is 10.0 Å². The number of hydrogen-bond donors (Lipinski definition) is 1. The van der Waals surface area contributed by atoms with Crippen molar-refractivity contribution in [1.29, 1.82) is 0 Å². The van der Waals surface area contributed by atoms with E-state index in [0.29, 0.717) is 21.4 Å². The monoisotopic (exact) mass is 701 g/mol. The second-order valence-electron chi connectivity index (χ2n) is 10.8. The molecule has 4 aromatic carbocycles. The highest BCUT2D eigenvalue weighted by atomic mass is 35.5. The first-order chi connectivity index (χ1) is 21.9. The molecular weight excluding hydrogens is 669 g/mol. The predicted octanol–water partition coefficient (Wildman–Crippen LogP) is 7.02. The zero-order valence-corrected chi connectivity index (χ0v) is 28.6. The number of nitrogens with one attached hydrogen (secondary N) is 1. The van der Waals surface area contributed by atoms with E-state index in [4.69, 9.17) is 39.5 Å². The van der Waals surface area contributed by atoms with Crippen LogP contribution in [0.25, 0.3) is 0 Å². The minimum atomic E-state index is -4.29. The molecule has 0 saturated carbocycles. The van der Waals surface area contributed by atoms with Crippen molar-refractivity contribution in [1.82, 2.24) is 10.2 Å². The number of carbonyl (C=O) groups is 2. The molecule has 0 aliphatic rings. The van der Waals surface area contributed by atoms with Gasteiger partial charge in [0.1, 0.15) is 18.3 Å². The number of ether oxygens (including phenoxy) is 1. The number of anilines is 1. The molecule has 0 radical (unpaired) electrons. The summed E-state index contributed by atoms with van der Waals surface area (Å²) in [5.74, 6) is -0.708. The minimum absolute atomic E-state index is 0.0274. The summed E-state index contributed by atoms with van der Waals surface area (Å²) < 4.78 is 34.5. The zero-order valence-electron chi connectivity index (χ0n) is 25.5. The number of methoxy groups -OCH3 is 1. The number of nitrogens with zero attached hydrogens (tertiary/aromatic N) is 2. The van der Waals surface area contributed by atoms with Gasteiger partial charge in [-0.05, 0) is 67.4 Å². The number of sulfonamides is 1. The molecule has 4 rings (SSSR count). The van der Waals surface area contributed by atoms with E-state index in [1.807, 2.05) is 44.2 Å². The molecule has 0 aromatic heterocycles. The van der Waals surface area contributed by atoms with E-state index in [1.54, 1.807) is 36.4 Å². The molecular formula is C34H34Cl3N3O5S. The lowest BCUT2D eigenvalue weighted by Crippen LogP contribution is -2.54. The maximum Gasteiger partial charge on any atom is 0.264 e. The molecule has 0 aliphatic carbocycles. The molecule has 1 unspecified atom stereocenters. The van der Waals surface area contributed by atoms with Gasteiger partial charge >= 0.3 is 0 Å². The lowest BCUT2D eigenvalue weighted by atomic mass is 10.0. The number of rotatable bonds is 13. The van der Waals surface area contributed by atoms with E-state index in [9.17, 15) is 18.0 Å². The highest BCUT2D eigenvalue weighted by molar-refractivity contribution is 7.92. The minimum Gasteiger partial charge on any atom is -0.495 e. The van der Waals surface area contributed by atoms with E-state index < -0.39 is 34.4 Å². The van der Waals surface area contributed by atoms with Gasteiger partial charge in [0, 0.05) is 29.1 Å². The molecule has 0 bridgehead atoms. The van der Waals surface area contributed by atoms with Crippen molar-refractivity contribution < 1.29 is 22.7 Å². The van der Waals surface area contributed by atoms with Gasteiger partial charge in [-0.15, -0.1) is 0 Å². The maximum atomic E-state index is 14.5. The average Bonchev–Trinajstić information content (AvgIpc) is 3.02. The van der Waals surface area contributed by atoms with E-state index in [2.05, 4.69) is 5.32 Å². The number of hydrogen-bond acceptors (Lipinski definition) is 5. The second kappa shape index (κ2) is 15.7. The molecule has 0 saturated heterocycles. The van der Waals surface area contributed by atoms with Gasteiger partial charge in [0.05, 0.1) is 22.7 Å². The van der Waals surface area contributed by atoms with Crippen molar-refractivity contribution in [3.8, 4) is 5.75 Å². The van der Waals surface area contributed by atoms with Crippen molar-refractivity contribution in [3.05, 3.63) is 123 Å². The van der Waals surface area contributed by atoms with E-state index in [0.717, 1.165) is 9.87 Å². The Labute approximate surface area is 284 Å². The summed E-state index contributed by atoms with van der Waals surface area (Å²) in [6.07, 6.45) is 0.163. The lowest BCUT2D eigenvalue weighted by Gasteiger charge is -2.34. The third kappa shape index (κ3) is 8.73. The van der Waals surface area contributed by atoms with Crippen LogP contribution in [0.3, 0.4) is 0 Å². The second-order valence-corrected chi connectivity index (χ2v) is 13.9. The van der Waals surface area contributed by atoms with Crippen molar-refractivity contribution in [2.45, 2.75) is 43.8 Å². The van der Waals surface area contributed by atoms with Crippen LogP contribution >= 0.6 is 34.8 Å². The topological polar surface area (TPSA) is 96.0 Å². The first-order valence-electron chi connectivity index (χ1n) is 14.4. The van der Waals surface area contributed by atoms with E-state index >= 15 is 0 Å². The van der Waals surface area contributed by atoms with E-state index in [1.165, 1.54) is 42.3 Å². The fraction of sp³-hybridized carbons (Fsp3) is 0.235. The molecule has 1 atom stereocenters. The van der Waals surface area contributed by atoms with Gasteiger partial charge < -0.3 is 15.0 Å². The zero-order chi connectivity index (χ0) is 33.4. The number of carbonyl (C=O) groups excluding carboxylic acids is 2. The van der Waals surface area contributed by atoms with Crippen molar-refractivity contribution in [2.24, 2.45) is 0 Å². The largest absolute Gasteiger partial charge is 0.495 e. The van der Waals surface area contributed by atoms with Gasteiger partial charge in [0.15, 0.2) is 0 Å². The van der Waals surface area contributed by atoms with Crippen LogP contribution in [0.1, 0.15) is 25.0 Å². The third-order valence-corrected chi connectivity index (χ3v) is 9.76. The molecule has 242 valence electrons.